The average molecular weight is 357 g/mol. The number of benzene rings is 3. The second-order valence-corrected chi connectivity index (χ2v) is 6.66. The number of ether oxygens (including phenoxy) is 1. The summed E-state index contributed by atoms with van der Waals surface area (Å²) in [7, 11) is 0. The fraction of sp³-hybridized carbons (Fsp3) is 0.130. The van der Waals surface area contributed by atoms with Crippen molar-refractivity contribution in [3.05, 3.63) is 95.1 Å². The van der Waals surface area contributed by atoms with Gasteiger partial charge in [0.15, 0.2) is 0 Å². The third-order valence-corrected chi connectivity index (χ3v) is 4.64. The van der Waals surface area contributed by atoms with Gasteiger partial charge in [-0.2, -0.15) is 0 Å². The molecule has 0 aromatic heterocycles. The van der Waals surface area contributed by atoms with Crippen molar-refractivity contribution < 1.29 is 14.3 Å². The normalized spacial score (nSPS) is 13.0. The van der Waals surface area contributed by atoms with Gasteiger partial charge < -0.3 is 9.64 Å². The van der Waals surface area contributed by atoms with Gasteiger partial charge in [0.2, 0.25) is 0 Å². The van der Waals surface area contributed by atoms with E-state index in [0.29, 0.717) is 24.4 Å². The molecule has 1 aliphatic heterocycles. The first-order valence-corrected chi connectivity index (χ1v) is 8.84. The Morgan fingerprint density at radius 1 is 0.852 bits per heavy atom. The molecule has 4 heteroatoms. The van der Waals surface area contributed by atoms with E-state index in [2.05, 4.69) is 0 Å². The molecule has 0 fully saturated rings. The van der Waals surface area contributed by atoms with Gasteiger partial charge in [-0.1, -0.05) is 54.1 Å². The molecule has 0 unspecified atom stereocenters. The van der Waals surface area contributed by atoms with Gasteiger partial charge in [0, 0.05) is 0 Å². The van der Waals surface area contributed by atoms with Gasteiger partial charge in [-0.05, 0) is 42.3 Å². The Bertz CT molecular complexity index is 994. The minimum atomic E-state index is -0.472. The number of aryl methyl sites for hydroxylation is 1. The van der Waals surface area contributed by atoms with Gasteiger partial charge in [-0.3, -0.25) is 9.59 Å². The summed E-state index contributed by atoms with van der Waals surface area (Å²) < 4.78 is 5.79. The van der Waals surface area contributed by atoms with E-state index in [0.717, 1.165) is 22.4 Å². The Morgan fingerprint density at radius 3 is 2.33 bits per heavy atom. The molecular weight excluding hydrogens is 338 g/mol. The Kier molecular flexibility index (Phi) is 4.47. The number of rotatable bonds is 5. The van der Waals surface area contributed by atoms with E-state index in [1.54, 1.807) is 6.07 Å². The number of carbonyl (C=O) groups excluding carboxylic acids is 2. The number of nitrogens with zero attached hydrogens (tertiary/aromatic N) is 1. The van der Waals surface area contributed by atoms with Crippen LogP contribution in [-0.2, 0) is 17.9 Å². The highest BCUT2D eigenvalue weighted by molar-refractivity contribution is 6.52. The fourth-order valence-electron chi connectivity index (χ4n) is 3.19. The summed E-state index contributed by atoms with van der Waals surface area (Å²) in [5, 5.41) is 0. The lowest BCUT2D eigenvalue weighted by molar-refractivity contribution is -0.114. The van der Waals surface area contributed by atoms with Crippen molar-refractivity contribution >= 4 is 17.4 Å². The molecule has 27 heavy (non-hydrogen) atoms. The summed E-state index contributed by atoms with van der Waals surface area (Å²) in [6, 6.07) is 23.1. The summed E-state index contributed by atoms with van der Waals surface area (Å²) in [5.41, 5.74) is 4.19. The number of hydrogen-bond donors (Lipinski definition) is 0. The molecule has 3 aromatic carbocycles. The lowest BCUT2D eigenvalue weighted by Crippen LogP contribution is -2.29. The summed E-state index contributed by atoms with van der Waals surface area (Å²) >= 11 is 0. The van der Waals surface area contributed by atoms with E-state index in [1.807, 2.05) is 73.7 Å². The molecule has 0 saturated carbocycles. The predicted molar refractivity (Wildman–Crippen MR) is 104 cm³/mol. The van der Waals surface area contributed by atoms with Crippen LogP contribution in [0.3, 0.4) is 0 Å². The number of anilines is 1. The summed E-state index contributed by atoms with van der Waals surface area (Å²) in [6.07, 6.45) is 0. The van der Waals surface area contributed by atoms with Crippen molar-refractivity contribution in [3.8, 4) is 5.75 Å². The first-order chi connectivity index (χ1) is 13.1. The number of carbonyl (C=O) groups is 2. The van der Waals surface area contributed by atoms with E-state index in [1.165, 1.54) is 4.90 Å². The predicted octanol–water partition coefficient (Wildman–Crippen LogP) is 4.30. The molecule has 1 amide bonds. The molecule has 1 aliphatic rings. The van der Waals surface area contributed by atoms with E-state index < -0.39 is 11.7 Å². The third-order valence-electron chi connectivity index (χ3n) is 4.64. The molecule has 0 radical (unpaired) electrons. The maximum absolute atomic E-state index is 12.4. The molecule has 0 aliphatic carbocycles. The smallest absolute Gasteiger partial charge is 0.299 e. The fourth-order valence-corrected chi connectivity index (χ4v) is 3.19. The summed E-state index contributed by atoms with van der Waals surface area (Å²) in [5.74, 6) is -0.140. The second kappa shape index (κ2) is 7.08. The minimum absolute atomic E-state index is 0.361. The molecule has 0 saturated heterocycles. The summed E-state index contributed by atoms with van der Waals surface area (Å²) in [6.45, 7) is 2.78. The molecule has 0 bridgehead atoms. The maximum Gasteiger partial charge on any atom is 0.299 e. The summed E-state index contributed by atoms with van der Waals surface area (Å²) in [4.78, 5) is 26.1. The van der Waals surface area contributed by atoms with Crippen LogP contribution >= 0.6 is 0 Å². The molecule has 4 rings (SSSR count). The monoisotopic (exact) mass is 357 g/mol. The lowest BCUT2D eigenvalue weighted by atomic mass is 10.1. The number of Topliss-reactive ketones (excluding diaryl/α,β-unsaturated/α-hetero) is 1. The molecule has 3 aromatic rings. The number of hydrogen-bond acceptors (Lipinski definition) is 3. The van der Waals surface area contributed by atoms with Gasteiger partial charge in [0.1, 0.15) is 12.4 Å². The zero-order valence-corrected chi connectivity index (χ0v) is 15.0. The Morgan fingerprint density at radius 2 is 1.59 bits per heavy atom. The van der Waals surface area contributed by atoms with Gasteiger partial charge in [-0.15, -0.1) is 0 Å². The lowest BCUT2D eigenvalue weighted by Gasteiger charge is -2.17. The van der Waals surface area contributed by atoms with Crippen LogP contribution in [0.4, 0.5) is 5.69 Å². The molecule has 0 spiro atoms. The van der Waals surface area contributed by atoms with Gasteiger partial charge in [0.25, 0.3) is 11.7 Å². The highest BCUT2D eigenvalue weighted by atomic mass is 16.5. The van der Waals surface area contributed by atoms with Crippen LogP contribution in [-0.4, -0.2) is 11.7 Å². The van der Waals surface area contributed by atoms with E-state index in [-0.39, 0.29) is 0 Å². The number of fused-ring (bicyclic) bond motifs is 1. The molecule has 4 nitrogen and oxygen atoms in total. The second-order valence-electron chi connectivity index (χ2n) is 6.66. The van der Waals surface area contributed by atoms with E-state index in [9.17, 15) is 9.59 Å². The zero-order valence-electron chi connectivity index (χ0n) is 15.0. The van der Waals surface area contributed by atoms with Crippen molar-refractivity contribution in [1.29, 1.82) is 0 Å². The first-order valence-electron chi connectivity index (χ1n) is 8.84. The Balaban J connectivity index is 1.46. The van der Waals surface area contributed by atoms with Crippen LogP contribution in [0.25, 0.3) is 0 Å². The number of amides is 1. The van der Waals surface area contributed by atoms with Crippen molar-refractivity contribution in [2.75, 3.05) is 4.90 Å². The topological polar surface area (TPSA) is 46.6 Å². The van der Waals surface area contributed by atoms with Crippen LogP contribution < -0.4 is 9.64 Å². The molecule has 1 heterocycles. The Labute approximate surface area is 158 Å². The molecular formula is C23H19NO3. The Hall–Kier alpha value is -3.40. The number of ketones is 1. The first kappa shape index (κ1) is 17.0. The van der Waals surface area contributed by atoms with E-state index >= 15 is 0 Å². The SMILES string of the molecule is Cc1ccc2c(c1)C(=O)C(=O)N2Cc1ccc(OCc2ccccc2)cc1. The van der Waals surface area contributed by atoms with Crippen LogP contribution in [0.1, 0.15) is 27.0 Å². The molecule has 0 atom stereocenters. The maximum atomic E-state index is 12.4. The van der Waals surface area contributed by atoms with Gasteiger partial charge >= 0.3 is 0 Å². The van der Waals surface area contributed by atoms with Crippen LogP contribution in [0.2, 0.25) is 0 Å². The van der Waals surface area contributed by atoms with Crippen LogP contribution in [0.15, 0.2) is 72.8 Å². The van der Waals surface area contributed by atoms with Crippen LogP contribution in [0, 0.1) is 6.92 Å². The van der Waals surface area contributed by atoms with Crippen molar-refractivity contribution in [2.45, 2.75) is 20.1 Å². The largest absolute Gasteiger partial charge is 0.489 e. The highest BCUT2D eigenvalue weighted by Crippen LogP contribution is 2.31. The van der Waals surface area contributed by atoms with Crippen LogP contribution in [0.5, 0.6) is 5.75 Å². The zero-order chi connectivity index (χ0) is 18.8. The average Bonchev–Trinajstić information content (AvgIpc) is 2.93. The standard InChI is InChI=1S/C23H19NO3/c1-16-7-12-21-20(13-16)22(25)23(26)24(21)14-17-8-10-19(11-9-17)27-15-18-5-3-2-4-6-18/h2-13H,14-15H2,1H3. The third kappa shape index (κ3) is 3.47. The molecule has 0 N–H and O–H groups in total. The van der Waals surface area contributed by atoms with E-state index in [4.69, 9.17) is 4.74 Å². The van der Waals surface area contributed by atoms with Crippen molar-refractivity contribution in [2.24, 2.45) is 0 Å². The highest BCUT2D eigenvalue weighted by Gasteiger charge is 2.35. The van der Waals surface area contributed by atoms with Gasteiger partial charge in [0.05, 0.1) is 17.8 Å². The van der Waals surface area contributed by atoms with Crippen molar-refractivity contribution in [3.63, 3.8) is 0 Å². The quantitative estimate of drug-likeness (QED) is 0.640. The minimum Gasteiger partial charge on any atom is -0.489 e. The van der Waals surface area contributed by atoms with Gasteiger partial charge in [-0.25, -0.2) is 0 Å². The van der Waals surface area contributed by atoms with Crippen molar-refractivity contribution in [1.82, 2.24) is 0 Å². The molecule has 134 valence electrons.